The van der Waals surface area contributed by atoms with Gasteiger partial charge in [0.1, 0.15) is 18.0 Å². The molecule has 1 aromatic heterocycles. The maximum absolute atomic E-state index is 14.1. The molecule has 0 aliphatic heterocycles. The largest absolute Gasteiger partial charge is 0.416 e. The molecule has 0 aliphatic carbocycles. The third kappa shape index (κ3) is 5.17. The number of alkyl halides is 3. The van der Waals surface area contributed by atoms with Crippen LogP contribution in [0.2, 0.25) is 0 Å². The van der Waals surface area contributed by atoms with E-state index in [0.29, 0.717) is 40.5 Å². The molecule has 10 heteroatoms. The topological polar surface area (TPSA) is 98.0 Å². The lowest BCUT2D eigenvalue weighted by atomic mass is 9.98. The van der Waals surface area contributed by atoms with Gasteiger partial charge in [0.25, 0.3) is 5.91 Å². The lowest BCUT2D eigenvalue weighted by Gasteiger charge is -2.17. The van der Waals surface area contributed by atoms with E-state index in [1.807, 2.05) is 6.92 Å². The van der Waals surface area contributed by atoms with Crippen molar-refractivity contribution >= 4 is 28.4 Å². The molecule has 0 saturated heterocycles. The van der Waals surface area contributed by atoms with E-state index in [9.17, 15) is 27.2 Å². The molecule has 1 atom stereocenters. The Kier molecular flexibility index (Phi) is 6.69. The van der Waals surface area contributed by atoms with Crippen molar-refractivity contribution in [2.75, 3.05) is 5.32 Å². The highest BCUT2D eigenvalue weighted by atomic mass is 19.4. The van der Waals surface area contributed by atoms with Crippen molar-refractivity contribution in [2.45, 2.75) is 25.6 Å². The van der Waals surface area contributed by atoms with Crippen LogP contribution in [0, 0.1) is 5.82 Å². The van der Waals surface area contributed by atoms with Crippen molar-refractivity contribution in [2.24, 2.45) is 5.73 Å². The summed E-state index contributed by atoms with van der Waals surface area (Å²) in [6.45, 7) is 1.85. The van der Waals surface area contributed by atoms with Gasteiger partial charge in [-0.3, -0.25) is 9.59 Å². The van der Waals surface area contributed by atoms with Gasteiger partial charge in [0, 0.05) is 17.8 Å². The summed E-state index contributed by atoms with van der Waals surface area (Å²) in [5, 5.41) is 3.83. The zero-order valence-electron chi connectivity index (χ0n) is 18.9. The minimum Gasteiger partial charge on any atom is -0.366 e. The van der Waals surface area contributed by atoms with Gasteiger partial charge in [-0.05, 0) is 48.4 Å². The van der Waals surface area contributed by atoms with E-state index >= 15 is 0 Å². The summed E-state index contributed by atoms with van der Waals surface area (Å²) in [7, 11) is 0. The SMILES string of the molecule is C[C@@H](Nc1ncnc2c(C(N)=O)cccc12)c1cccc(CC(=O)c2cc(C(F)(F)F)ccc2F)c1. The molecule has 36 heavy (non-hydrogen) atoms. The molecule has 184 valence electrons. The number of halogens is 4. The predicted octanol–water partition coefficient (Wildman–Crippen LogP) is 5.49. The highest BCUT2D eigenvalue weighted by molar-refractivity contribution is 6.06. The number of carbonyl (C=O) groups is 2. The fourth-order valence-corrected chi connectivity index (χ4v) is 3.86. The maximum atomic E-state index is 14.1. The number of Topliss-reactive ketones (excluding diaryl/α,β-unsaturated/α-hetero) is 1. The minimum absolute atomic E-state index is 0.257. The summed E-state index contributed by atoms with van der Waals surface area (Å²) in [5.41, 5.74) is 5.65. The number of aromatic nitrogens is 2. The van der Waals surface area contributed by atoms with Crippen LogP contribution >= 0.6 is 0 Å². The van der Waals surface area contributed by atoms with Crippen LogP contribution in [0.5, 0.6) is 0 Å². The highest BCUT2D eigenvalue weighted by Gasteiger charge is 2.32. The summed E-state index contributed by atoms with van der Waals surface area (Å²) < 4.78 is 53.1. The molecule has 1 amide bonds. The van der Waals surface area contributed by atoms with Gasteiger partial charge in [-0.15, -0.1) is 0 Å². The molecular formula is C26H20F4N4O2. The fraction of sp³-hybridized carbons (Fsp3) is 0.154. The van der Waals surface area contributed by atoms with E-state index in [2.05, 4.69) is 15.3 Å². The first-order chi connectivity index (χ1) is 17.0. The molecule has 3 N–H and O–H groups in total. The quantitative estimate of drug-likeness (QED) is 0.261. The van der Waals surface area contributed by atoms with Crippen LogP contribution in [-0.4, -0.2) is 21.7 Å². The Bertz CT molecular complexity index is 1470. The first-order valence-corrected chi connectivity index (χ1v) is 10.8. The molecule has 4 rings (SSSR count). The number of ketones is 1. The molecule has 0 spiro atoms. The predicted molar refractivity (Wildman–Crippen MR) is 126 cm³/mol. The number of nitrogens with one attached hydrogen (secondary N) is 1. The van der Waals surface area contributed by atoms with Crippen molar-refractivity contribution in [3.8, 4) is 0 Å². The Morgan fingerprint density at radius 1 is 1.00 bits per heavy atom. The first kappa shape index (κ1) is 24.8. The normalized spacial score (nSPS) is 12.4. The van der Waals surface area contributed by atoms with E-state index in [0.717, 1.165) is 5.56 Å². The van der Waals surface area contributed by atoms with E-state index < -0.39 is 34.8 Å². The van der Waals surface area contributed by atoms with E-state index in [1.54, 1.807) is 42.5 Å². The van der Waals surface area contributed by atoms with Gasteiger partial charge in [-0.1, -0.05) is 30.3 Å². The first-order valence-electron chi connectivity index (χ1n) is 10.8. The number of primary amides is 1. The van der Waals surface area contributed by atoms with Crippen LogP contribution < -0.4 is 11.1 Å². The van der Waals surface area contributed by atoms with Crippen molar-refractivity contribution in [1.82, 2.24) is 9.97 Å². The summed E-state index contributed by atoms with van der Waals surface area (Å²) >= 11 is 0. The van der Waals surface area contributed by atoms with Gasteiger partial charge in [0.05, 0.1) is 22.2 Å². The molecule has 6 nitrogen and oxygen atoms in total. The minimum atomic E-state index is -4.69. The monoisotopic (exact) mass is 496 g/mol. The van der Waals surface area contributed by atoms with Gasteiger partial charge in [0.15, 0.2) is 5.78 Å². The van der Waals surface area contributed by atoms with Gasteiger partial charge in [-0.25, -0.2) is 14.4 Å². The number of hydrogen-bond donors (Lipinski definition) is 2. The summed E-state index contributed by atoms with van der Waals surface area (Å²) in [4.78, 5) is 32.8. The summed E-state index contributed by atoms with van der Waals surface area (Å²) in [5.74, 6) is -1.93. The Balaban J connectivity index is 1.56. The third-order valence-electron chi connectivity index (χ3n) is 5.69. The Hall–Kier alpha value is -4.34. The number of nitrogens with zero attached hydrogens (tertiary/aromatic N) is 2. The Morgan fingerprint density at radius 3 is 2.47 bits per heavy atom. The van der Waals surface area contributed by atoms with E-state index in [1.165, 1.54) is 6.33 Å². The van der Waals surface area contributed by atoms with Gasteiger partial charge >= 0.3 is 6.18 Å². The van der Waals surface area contributed by atoms with Crippen molar-refractivity contribution in [3.05, 3.63) is 101 Å². The van der Waals surface area contributed by atoms with E-state index in [4.69, 9.17) is 5.73 Å². The summed E-state index contributed by atoms with van der Waals surface area (Å²) in [6.07, 6.45) is -3.66. The molecule has 0 unspecified atom stereocenters. The lowest BCUT2D eigenvalue weighted by Crippen LogP contribution is -2.13. The molecule has 4 aromatic rings. The van der Waals surface area contributed by atoms with Gasteiger partial charge in [0.2, 0.25) is 0 Å². The van der Waals surface area contributed by atoms with Gasteiger partial charge in [-0.2, -0.15) is 13.2 Å². The van der Waals surface area contributed by atoms with Crippen LogP contribution in [0.25, 0.3) is 10.9 Å². The maximum Gasteiger partial charge on any atom is 0.416 e. The highest BCUT2D eigenvalue weighted by Crippen LogP contribution is 2.31. The average Bonchev–Trinajstić information content (AvgIpc) is 2.83. The van der Waals surface area contributed by atoms with Crippen LogP contribution in [-0.2, 0) is 12.6 Å². The third-order valence-corrected chi connectivity index (χ3v) is 5.69. The number of rotatable bonds is 7. The van der Waals surface area contributed by atoms with Gasteiger partial charge < -0.3 is 11.1 Å². The second-order valence-electron chi connectivity index (χ2n) is 8.19. The van der Waals surface area contributed by atoms with Crippen LogP contribution in [0.3, 0.4) is 0 Å². The number of fused-ring (bicyclic) bond motifs is 1. The number of benzene rings is 3. The number of hydrogen-bond acceptors (Lipinski definition) is 5. The number of carbonyl (C=O) groups excluding carboxylic acids is 2. The second-order valence-corrected chi connectivity index (χ2v) is 8.19. The molecule has 0 saturated carbocycles. The lowest BCUT2D eigenvalue weighted by molar-refractivity contribution is -0.137. The number of para-hydroxylation sites is 1. The molecule has 0 fully saturated rings. The molecule has 3 aromatic carbocycles. The molecule has 0 bridgehead atoms. The van der Waals surface area contributed by atoms with Crippen molar-refractivity contribution in [1.29, 1.82) is 0 Å². The number of amides is 1. The number of nitrogens with two attached hydrogens (primary N) is 1. The summed E-state index contributed by atoms with van der Waals surface area (Å²) in [6, 6.07) is 13.3. The Morgan fingerprint density at radius 2 is 1.75 bits per heavy atom. The second kappa shape index (κ2) is 9.73. The van der Waals surface area contributed by atoms with Crippen LogP contribution in [0.4, 0.5) is 23.4 Å². The standard InChI is InChI=1S/C26H20F4N4O2/c1-14(34-25-19-7-3-6-18(24(31)36)23(19)32-13-33-25)16-5-2-4-15(10-16)11-22(35)20-12-17(26(28,29)30)8-9-21(20)27/h2-10,12-14H,11H2,1H3,(H2,31,36)(H,32,33,34)/t14-/m1/s1. The number of anilines is 1. The van der Waals surface area contributed by atoms with Crippen LogP contribution in [0.1, 0.15) is 50.4 Å². The molecular weight excluding hydrogens is 476 g/mol. The van der Waals surface area contributed by atoms with E-state index in [-0.39, 0.29) is 18.0 Å². The smallest absolute Gasteiger partial charge is 0.366 e. The van der Waals surface area contributed by atoms with Crippen LogP contribution in [0.15, 0.2) is 67.0 Å². The average molecular weight is 496 g/mol. The van der Waals surface area contributed by atoms with Crippen molar-refractivity contribution in [3.63, 3.8) is 0 Å². The molecule has 0 radical (unpaired) electrons. The fourth-order valence-electron chi connectivity index (χ4n) is 3.86. The van der Waals surface area contributed by atoms with Crippen molar-refractivity contribution < 1.29 is 27.2 Å². The Labute approximate surface area is 203 Å². The molecule has 1 heterocycles. The zero-order chi connectivity index (χ0) is 26.0. The zero-order valence-corrected chi connectivity index (χ0v) is 18.9. The molecule has 0 aliphatic rings.